The Labute approximate surface area is 126 Å². The van der Waals surface area contributed by atoms with Crippen LogP contribution in [0.1, 0.15) is 46.5 Å². The lowest BCUT2D eigenvalue weighted by Gasteiger charge is -2.19. The lowest BCUT2D eigenvalue weighted by atomic mass is 9.96. The molecule has 1 fully saturated rings. The van der Waals surface area contributed by atoms with Gasteiger partial charge in [0, 0.05) is 25.0 Å². The number of rotatable bonds is 3. The standard InChI is InChI=1S/C9H12O3.C7H12O2/c1-2-9(11)12-8-5-3-4-7(10)6-8;1-5-6(8)9-7(2,3)4/h2,8H,1,3-6H2;5H,1H2,2-4H3. The van der Waals surface area contributed by atoms with E-state index in [-0.39, 0.29) is 17.9 Å². The number of hydrogen-bond donors (Lipinski definition) is 0. The van der Waals surface area contributed by atoms with Crippen LogP contribution in [0.5, 0.6) is 0 Å². The van der Waals surface area contributed by atoms with Crippen LogP contribution in [0.3, 0.4) is 0 Å². The van der Waals surface area contributed by atoms with Crippen molar-refractivity contribution in [3.63, 3.8) is 0 Å². The Morgan fingerprint density at radius 3 is 2.14 bits per heavy atom. The van der Waals surface area contributed by atoms with Gasteiger partial charge in [-0.3, -0.25) is 4.79 Å². The molecule has 5 nitrogen and oxygen atoms in total. The minimum atomic E-state index is -0.435. The molecule has 0 saturated heterocycles. The van der Waals surface area contributed by atoms with E-state index >= 15 is 0 Å². The first kappa shape index (κ1) is 19.1. The van der Waals surface area contributed by atoms with Crippen molar-refractivity contribution in [1.82, 2.24) is 0 Å². The molecule has 1 saturated carbocycles. The Hall–Kier alpha value is -1.91. The highest BCUT2D eigenvalue weighted by molar-refractivity contribution is 5.83. The Kier molecular flexibility index (Phi) is 8.28. The van der Waals surface area contributed by atoms with Gasteiger partial charge in [0.05, 0.1) is 0 Å². The number of hydrogen-bond acceptors (Lipinski definition) is 5. The van der Waals surface area contributed by atoms with E-state index in [1.807, 2.05) is 20.8 Å². The van der Waals surface area contributed by atoms with Gasteiger partial charge in [-0.15, -0.1) is 0 Å². The summed E-state index contributed by atoms with van der Waals surface area (Å²) >= 11 is 0. The summed E-state index contributed by atoms with van der Waals surface area (Å²) in [5, 5.41) is 0. The van der Waals surface area contributed by atoms with Crippen molar-refractivity contribution in [2.45, 2.75) is 58.2 Å². The van der Waals surface area contributed by atoms with E-state index in [1.54, 1.807) is 0 Å². The van der Waals surface area contributed by atoms with Crippen molar-refractivity contribution in [2.75, 3.05) is 0 Å². The first-order valence-electron chi connectivity index (χ1n) is 6.88. The molecule has 0 bridgehead atoms. The smallest absolute Gasteiger partial charge is 0.330 e. The molecular weight excluding hydrogens is 272 g/mol. The summed E-state index contributed by atoms with van der Waals surface area (Å²) in [6.07, 6.45) is 4.70. The molecule has 0 heterocycles. The number of Topliss-reactive ketones (excluding diaryl/α,β-unsaturated/α-hetero) is 1. The number of ketones is 1. The van der Waals surface area contributed by atoms with Crippen LogP contribution >= 0.6 is 0 Å². The highest BCUT2D eigenvalue weighted by Crippen LogP contribution is 2.17. The third-order valence-electron chi connectivity index (χ3n) is 2.46. The molecule has 21 heavy (non-hydrogen) atoms. The molecule has 0 amide bonds. The maximum Gasteiger partial charge on any atom is 0.330 e. The summed E-state index contributed by atoms with van der Waals surface area (Å²) in [4.78, 5) is 32.1. The lowest BCUT2D eigenvalue weighted by Crippen LogP contribution is -2.24. The van der Waals surface area contributed by atoms with Gasteiger partial charge in [-0.2, -0.15) is 0 Å². The van der Waals surface area contributed by atoms with E-state index < -0.39 is 11.6 Å². The van der Waals surface area contributed by atoms with Crippen molar-refractivity contribution < 1.29 is 23.9 Å². The molecule has 5 heteroatoms. The zero-order valence-corrected chi connectivity index (χ0v) is 13.0. The van der Waals surface area contributed by atoms with E-state index in [0.717, 1.165) is 25.0 Å². The number of ether oxygens (including phenoxy) is 2. The summed E-state index contributed by atoms with van der Waals surface area (Å²) < 4.78 is 9.76. The fourth-order valence-electron chi connectivity index (χ4n) is 1.64. The molecule has 0 aromatic carbocycles. The Morgan fingerprint density at radius 1 is 1.19 bits per heavy atom. The van der Waals surface area contributed by atoms with E-state index in [9.17, 15) is 14.4 Å². The highest BCUT2D eigenvalue weighted by atomic mass is 16.6. The maximum absolute atomic E-state index is 10.9. The van der Waals surface area contributed by atoms with Gasteiger partial charge in [0.15, 0.2) is 0 Å². The zero-order valence-electron chi connectivity index (χ0n) is 13.0. The molecule has 0 N–H and O–H groups in total. The molecule has 1 aliphatic carbocycles. The van der Waals surface area contributed by atoms with Crippen LogP contribution in [-0.2, 0) is 23.9 Å². The summed E-state index contributed by atoms with van der Waals surface area (Å²) in [5.41, 5.74) is -0.398. The SMILES string of the molecule is C=CC(=O)OC(C)(C)C.C=CC(=O)OC1CCCC(=O)C1. The van der Waals surface area contributed by atoms with Crippen LogP contribution in [0.4, 0.5) is 0 Å². The van der Waals surface area contributed by atoms with Crippen LogP contribution in [0.25, 0.3) is 0 Å². The predicted octanol–water partition coefficient (Wildman–Crippen LogP) is 2.74. The Balaban J connectivity index is 0.000000400. The molecule has 0 aromatic rings. The monoisotopic (exact) mass is 296 g/mol. The molecule has 0 radical (unpaired) electrons. The van der Waals surface area contributed by atoms with Crippen molar-refractivity contribution in [3.8, 4) is 0 Å². The van der Waals surface area contributed by atoms with Gasteiger partial charge >= 0.3 is 11.9 Å². The highest BCUT2D eigenvalue weighted by Gasteiger charge is 2.21. The van der Waals surface area contributed by atoms with Crippen LogP contribution in [-0.4, -0.2) is 29.4 Å². The van der Waals surface area contributed by atoms with Crippen molar-refractivity contribution >= 4 is 17.7 Å². The van der Waals surface area contributed by atoms with Gasteiger partial charge in [-0.1, -0.05) is 13.2 Å². The Morgan fingerprint density at radius 2 is 1.76 bits per heavy atom. The first-order chi connectivity index (χ1) is 9.67. The molecule has 0 spiro atoms. The number of esters is 2. The minimum Gasteiger partial charge on any atom is -0.459 e. The second-order valence-corrected chi connectivity index (χ2v) is 5.64. The van der Waals surface area contributed by atoms with Crippen LogP contribution in [0, 0.1) is 0 Å². The average molecular weight is 296 g/mol. The van der Waals surface area contributed by atoms with Crippen molar-refractivity contribution in [3.05, 3.63) is 25.3 Å². The molecule has 1 atom stereocenters. The van der Waals surface area contributed by atoms with E-state index in [0.29, 0.717) is 12.8 Å². The molecule has 0 aromatic heterocycles. The summed E-state index contributed by atoms with van der Waals surface area (Å²) in [6.45, 7) is 12.0. The van der Waals surface area contributed by atoms with Crippen molar-refractivity contribution in [1.29, 1.82) is 0 Å². The summed E-state index contributed by atoms with van der Waals surface area (Å²) in [7, 11) is 0. The van der Waals surface area contributed by atoms with Gasteiger partial charge < -0.3 is 9.47 Å². The maximum atomic E-state index is 10.9. The topological polar surface area (TPSA) is 69.7 Å². The van der Waals surface area contributed by atoms with E-state index in [1.165, 1.54) is 0 Å². The summed E-state index contributed by atoms with van der Waals surface area (Å²) in [6, 6.07) is 0. The fourth-order valence-corrected chi connectivity index (χ4v) is 1.64. The van der Waals surface area contributed by atoms with Gasteiger partial charge in [-0.25, -0.2) is 9.59 Å². The fraction of sp³-hybridized carbons (Fsp3) is 0.562. The lowest BCUT2D eigenvalue weighted by molar-refractivity contribution is -0.149. The average Bonchev–Trinajstić information content (AvgIpc) is 2.37. The van der Waals surface area contributed by atoms with Crippen LogP contribution in [0.15, 0.2) is 25.3 Å². The normalized spacial score (nSPS) is 17.9. The second-order valence-electron chi connectivity index (χ2n) is 5.64. The van der Waals surface area contributed by atoms with Crippen LogP contribution < -0.4 is 0 Å². The molecule has 1 unspecified atom stereocenters. The zero-order chi connectivity index (χ0) is 16.5. The first-order valence-corrected chi connectivity index (χ1v) is 6.88. The molecular formula is C16H24O5. The van der Waals surface area contributed by atoms with Gasteiger partial charge in [-0.05, 0) is 33.6 Å². The van der Waals surface area contributed by atoms with Crippen LogP contribution in [0.2, 0.25) is 0 Å². The minimum absolute atomic E-state index is 0.183. The molecule has 1 aliphatic rings. The quantitative estimate of drug-likeness (QED) is 0.591. The van der Waals surface area contributed by atoms with Gasteiger partial charge in [0.1, 0.15) is 17.5 Å². The summed E-state index contributed by atoms with van der Waals surface area (Å²) in [5.74, 6) is -0.625. The molecule has 118 valence electrons. The van der Waals surface area contributed by atoms with Gasteiger partial charge in [0.25, 0.3) is 0 Å². The number of carbonyl (C=O) groups excluding carboxylic acids is 3. The van der Waals surface area contributed by atoms with E-state index in [2.05, 4.69) is 13.2 Å². The molecule has 0 aliphatic heterocycles. The predicted molar refractivity (Wildman–Crippen MR) is 79.6 cm³/mol. The number of carbonyl (C=O) groups is 3. The third-order valence-corrected chi connectivity index (χ3v) is 2.46. The molecule has 1 rings (SSSR count). The largest absolute Gasteiger partial charge is 0.459 e. The van der Waals surface area contributed by atoms with E-state index in [4.69, 9.17) is 9.47 Å². The van der Waals surface area contributed by atoms with Gasteiger partial charge in [0.2, 0.25) is 0 Å². The van der Waals surface area contributed by atoms with Crippen molar-refractivity contribution in [2.24, 2.45) is 0 Å². The Bertz CT molecular complexity index is 403. The second kappa shape index (κ2) is 9.10. The third kappa shape index (κ3) is 10.5.